The number of carbonyl (C=O) groups excluding carboxylic acids is 2. The first kappa shape index (κ1) is 20.4. The van der Waals surface area contributed by atoms with Gasteiger partial charge < -0.3 is 14.2 Å². The fraction of sp³-hybridized carbons (Fsp3) is 0.444. The summed E-state index contributed by atoms with van der Waals surface area (Å²) >= 11 is 3.35. The molecule has 0 saturated carbocycles. The van der Waals surface area contributed by atoms with Gasteiger partial charge in [0.25, 0.3) is 0 Å². The molecule has 0 N–H and O–H groups in total. The van der Waals surface area contributed by atoms with E-state index in [1.54, 1.807) is 6.08 Å². The van der Waals surface area contributed by atoms with Crippen LogP contribution in [-0.4, -0.2) is 36.6 Å². The fourth-order valence-corrected chi connectivity index (χ4v) is 2.47. The van der Waals surface area contributed by atoms with Gasteiger partial charge in [-0.1, -0.05) is 52.3 Å². The predicted molar refractivity (Wildman–Crippen MR) is 94.8 cm³/mol. The van der Waals surface area contributed by atoms with Gasteiger partial charge in [-0.25, -0.2) is 4.79 Å². The Kier molecular flexibility index (Phi) is 10.0. The Morgan fingerprint density at radius 1 is 1.21 bits per heavy atom. The minimum Gasteiger partial charge on any atom is -0.466 e. The highest BCUT2D eigenvalue weighted by molar-refractivity contribution is 9.09. The van der Waals surface area contributed by atoms with Crippen LogP contribution in [0.15, 0.2) is 42.5 Å². The van der Waals surface area contributed by atoms with Crippen LogP contribution in [0.25, 0.3) is 0 Å². The lowest BCUT2D eigenvalue weighted by molar-refractivity contribution is -0.146. The van der Waals surface area contributed by atoms with Gasteiger partial charge in [0.2, 0.25) is 0 Å². The first-order valence-electron chi connectivity index (χ1n) is 7.68. The summed E-state index contributed by atoms with van der Waals surface area (Å²) in [7, 11) is 1.33. The van der Waals surface area contributed by atoms with Crippen LogP contribution < -0.4 is 0 Å². The van der Waals surface area contributed by atoms with Crippen LogP contribution in [0.5, 0.6) is 0 Å². The summed E-state index contributed by atoms with van der Waals surface area (Å²) in [5, 5.41) is 0.526. The van der Waals surface area contributed by atoms with Gasteiger partial charge in [-0.2, -0.15) is 0 Å². The third-order valence-corrected chi connectivity index (χ3v) is 3.94. The van der Waals surface area contributed by atoms with Crippen molar-refractivity contribution < 1.29 is 23.8 Å². The zero-order chi connectivity index (χ0) is 17.8. The second-order valence-corrected chi connectivity index (χ2v) is 5.85. The van der Waals surface area contributed by atoms with E-state index in [0.717, 1.165) is 5.56 Å². The summed E-state index contributed by atoms with van der Waals surface area (Å²) in [6.07, 6.45) is 3.66. The average molecular weight is 399 g/mol. The zero-order valence-corrected chi connectivity index (χ0v) is 15.5. The van der Waals surface area contributed by atoms with Crippen molar-refractivity contribution in [3.8, 4) is 0 Å². The van der Waals surface area contributed by atoms with Gasteiger partial charge in [-0.15, -0.1) is 0 Å². The number of methoxy groups -OCH3 is 1. The molecule has 0 aliphatic carbocycles. The van der Waals surface area contributed by atoms with E-state index in [0.29, 0.717) is 24.8 Å². The summed E-state index contributed by atoms with van der Waals surface area (Å²) in [4.78, 5) is 22.3. The number of benzene rings is 1. The number of ether oxygens (including phenoxy) is 3. The molecule has 1 aromatic rings. The van der Waals surface area contributed by atoms with E-state index in [1.165, 1.54) is 20.1 Å². The third-order valence-electron chi connectivity index (χ3n) is 3.21. The third kappa shape index (κ3) is 8.84. The quantitative estimate of drug-likeness (QED) is 0.343. The van der Waals surface area contributed by atoms with Crippen molar-refractivity contribution in [2.45, 2.75) is 38.6 Å². The van der Waals surface area contributed by atoms with Crippen molar-refractivity contribution in [1.82, 2.24) is 0 Å². The molecule has 0 saturated heterocycles. The van der Waals surface area contributed by atoms with Crippen molar-refractivity contribution in [2.24, 2.45) is 0 Å². The minimum absolute atomic E-state index is 0.187. The summed E-state index contributed by atoms with van der Waals surface area (Å²) in [5.74, 6) is -0.736. The number of alkyl halides is 1. The molecule has 0 unspecified atom stereocenters. The molecule has 0 aliphatic heterocycles. The Hall–Kier alpha value is -1.66. The maximum absolute atomic E-state index is 11.2. The van der Waals surface area contributed by atoms with E-state index in [4.69, 9.17) is 9.47 Å². The van der Waals surface area contributed by atoms with E-state index in [-0.39, 0.29) is 18.2 Å². The van der Waals surface area contributed by atoms with E-state index in [9.17, 15) is 9.59 Å². The van der Waals surface area contributed by atoms with Crippen LogP contribution in [0.3, 0.4) is 0 Å². The maximum Gasteiger partial charge on any atom is 0.330 e. The number of hydrogen-bond donors (Lipinski definition) is 0. The van der Waals surface area contributed by atoms with Crippen molar-refractivity contribution in [3.63, 3.8) is 0 Å². The molecule has 0 aliphatic rings. The van der Waals surface area contributed by atoms with Gasteiger partial charge in [0.15, 0.2) is 0 Å². The van der Waals surface area contributed by atoms with Crippen LogP contribution in [-0.2, 0) is 30.4 Å². The molecule has 1 aromatic carbocycles. The SMILES string of the molecule is COC(=O)/C=C/C[C@H](C[C@@H](CBr)OC(C)=O)OCc1ccccc1. The van der Waals surface area contributed by atoms with E-state index in [1.807, 2.05) is 30.3 Å². The molecule has 0 aromatic heterocycles. The summed E-state index contributed by atoms with van der Waals surface area (Å²) in [6, 6.07) is 9.81. The van der Waals surface area contributed by atoms with Gasteiger partial charge in [0.05, 0.1) is 19.8 Å². The van der Waals surface area contributed by atoms with Crippen LogP contribution in [0.1, 0.15) is 25.3 Å². The topological polar surface area (TPSA) is 61.8 Å². The molecule has 132 valence electrons. The van der Waals surface area contributed by atoms with Gasteiger partial charge in [0.1, 0.15) is 6.10 Å². The molecule has 0 heterocycles. The molecular formula is C18H23BrO5. The number of halogens is 1. The summed E-state index contributed by atoms with van der Waals surface area (Å²) in [5.41, 5.74) is 1.06. The van der Waals surface area contributed by atoms with Gasteiger partial charge in [-0.3, -0.25) is 4.79 Å². The van der Waals surface area contributed by atoms with Crippen molar-refractivity contribution in [1.29, 1.82) is 0 Å². The van der Waals surface area contributed by atoms with Crippen LogP contribution in [0.4, 0.5) is 0 Å². The standard InChI is InChI=1S/C18H23BrO5/c1-14(20)24-17(12-19)11-16(9-6-10-18(21)22-2)23-13-15-7-4-3-5-8-15/h3-8,10,16-17H,9,11-13H2,1-2H3/b10-6+/t16-,17+/m1/s1. The van der Waals surface area contributed by atoms with Crippen LogP contribution in [0.2, 0.25) is 0 Å². The van der Waals surface area contributed by atoms with Gasteiger partial charge in [0, 0.05) is 24.8 Å². The first-order valence-corrected chi connectivity index (χ1v) is 8.80. The number of esters is 2. The molecule has 5 nitrogen and oxygen atoms in total. The second kappa shape index (κ2) is 11.8. The molecule has 0 amide bonds. The second-order valence-electron chi connectivity index (χ2n) is 5.20. The number of hydrogen-bond acceptors (Lipinski definition) is 5. The normalized spacial score (nSPS) is 13.5. The van der Waals surface area contributed by atoms with Crippen molar-refractivity contribution >= 4 is 27.9 Å². The molecule has 6 heteroatoms. The Morgan fingerprint density at radius 2 is 1.92 bits per heavy atom. The van der Waals surface area contributed by atoms with Crippen LogP contribution >= 0.6 is 15.9 Å². The highest BCUT2D eigenvalue weighted by Crippen LogP contribution is 2.15. The number of carbonyl (C=O) groups is 2. The lowest BCUT2D eigenvalue weighted by Crippen LogP contribution is -2.26. The Balaban J connectivity index is 2.64. The van der Waals surface area contributed by atoms with Crippen molar-refractivity contribution in [2.75, 3.05) is 12.4 Å². The molecule has 0 fully saturated rings. The Bertz CT molecular complexity index is 529. The highest BCUT2D eigenvalue weighted by atomic mass is 79.9. The van der Waals surface area contributed by atoms with Gasteiger partial charge >= 0.3 is 11.9 Å². The first-order chi connectivity index (χ1) is 11.5. The molecule has 0 bridgehead atoms. The largest absolute Gasteiger partial charge is 0.466 e. The van der Waals surface area contributed by atoms with E-state index < -0.39 is 5.97 Å². The fourth-order valence-electron chi connectivity index (χ4n) is 2.08. The Morgan fingerprint density at radius 3 is 2.50 bits per heavy atom. The highest BCUT2D eigenvalue weighted by Gasteiger charge is 2.18. The molecule has 0 radical (unpaired) electrons. The lowest BCUT2D eigenvalue weighted by atomic mass is 10.1. The number of rotatable bonds is 10. The summed E-state index contributed by atoms with van der Waals surface area (Å²) < 4.78 is 15.8. The van der Waals surface area contributed by atoms with Crippen molar-refractivity contribution in [3.05, 3.63) is 48.0 Å². The smallest absolute Gasteiger partial charge is 0.330 e. The minimum atomic E-state index is -0.408. The zero-order valence-electron chi connectivity index (χ0n) is 13.9. The Labute approximate surface area is 151 Å². The monoisotopic (exact) mass is 398 g/mol. The molecular weight excluding hydrogens is 376 g/mol. The molecule has 0 spiro atoms. The van der Waals surface area contributed by atoms with Crippen LogP contribution in [0, 0.1) is 0 Å². The molecule has 1 rings (SSSR count). The average Bonchev–Trinajstić information content (AvgIpc) is 2.58. The molecule has 24 heavy (non-hydrogen) atoms. The van der Waals surface area contributed by atoms with Gasteiger partial charge in [-0.05, 0) is 12.0 Å². The van der Waals surface area contributed by atoms with E-state index in [2.05, 4.69) is 20.7 Å². The molecule has 2 atom stereocenters. The summed E-state index contributed by atoms with van der Waals surface area (Å²) in [6.45, 7) is 1.83. The maximum atomic E-state index is 11.2. The van der Waals surface area contributed by atoms with E-state index >= 15 is 0 Å². The lowest BCUT2D eigenvalue weighted by Gasteiger charge is -2.22. The predicted octanol–water partition coefficient (Wildman–Crippen LogP) is 3.41.